The Balaban J connectivity index is 1.53. The van der Waals surface area contributed by atoms with Gasteiger partial charge >= 0.3 is 0 Å². The van der Waals surface area contributed by atoms with Crippen LogP contribution in [0, 0.1) is 0 Å². The SMILES string of the molecule is O=C(/C=C/c1cn[nH]c1)NC1CCOC2(CCCCC2)C1. The van der Waals surface area contributed by atoms with E-state index in [2.05, 4.69) is 15.5 Å². The van der Waals surface area contributed by atoms with Crippen LogP contribution in [0.4, 0.5) is 0 Å². The average molecular weight is 289 g/mol. The first-order chi connectivity index (χ1) is 10.3. The number of hydrogen-bond acceptors (Lipinski definition) is 3. The molecule has 2 heterocycles. The van der Waals surface area contributed by atoms with Gasteiger partial charge in [0.05, 0.1) is 11.8 Å². The number of H-pyrrole nitrogens is 1. The Morgan fingerprint density at radius 1 is 1.43 bits per heavy atom. The molecule has 1 atom stereocenters. The number of amides is 1. The Hall–Kier alpha value is -1.62. The highest BCUT2D eigenvalue weighted by molar-refractivity contribution is 5.91. The van der Waals surface area contributed by atoms with Crippen molar-refractivity contribution >= 4 is 12.0 Å². The van der Waals surface area contributed by atoms with Crippen LogP contribution in [0.5, 0.6) is 0 Å². The van der Waals surface area contributed by atoms with E-state index in [9.17, 15) is 4.79 Å². The maximum atomic E-state index is 12.0. The van der Waals surface area contributed by atoms with Gasteiger partial charge in [0.25, 0.3) is 0 Å². The molecule has 1 spiro atoms. The highest BCUT2D eigenvalue weighted by Crippen LogP contribution is 2.38. The Labute approximate surface area is 125 Å². The number of aromatic nitrogens is 2. The van der Waals surface area contributed by atoms with Crippen molar-refractivity contribution in [3.8, 4) is 0 Å². The summed E-state index contributed by atoms with van der Waals surface area (Å²) >= 11 is 0. The largest absolute Gasteiger partial charge is 0.375 e. The lowest BCUT2D eigenvalue weighted by Gasteiger charge is -2.43. The molecule has 1 saturated carbocycles. The molecule has 5 nitrogen and oxygen atoms in total. The summed E-state index contributed by atoms with van der Waals surface area (Å²) in [5.74, 6) is -0.0333. The Morgan fingerprint density at radius 2 is 2.29 bits per heavy atom. The van der Waals surface area contributed by atoms with E-state index in [0.717, 1.165) is 37.9 Å². The summed E-state index contributed by atoms with van der Waals surface area (Å²) in [6.07, 6.45) is 14.8. The van der Waals surface area contributed by atoms with Crippen LogP contribution < -0.4 is 5.32 Å². The van der Waals surface area contributed by atoms with Crippen molar-refractivity contribution in [2.24, 2.45) is 0 Å². The van der Waals surface area contributed by atoms with Gasteiger partial charge in [0.2, 0.25) is 5.91 Å². The van der Waals surface area contributed by atoms with Gasteiger partial charge < -0.3 is 10.1 Å². The average Bonchev–Trinajstić information content (AvgIpc) is 2.99. The molecule has 3 rings (SSSR count). The third kappa shape index (κ3) is 3.73. The highest BCUT2D eigenvalue weighted by atomic mass is 16.5. The number of ether oxygens (including phenoxy) is 1. The zero-order valence-electron chi connectivity index (χ0n) is 12.3. The first-order valence-corrected chi connectivity index (χ1v) is 7.87. The van der Waals surface area contributed by atoms with Crippen LogP contribution in [0.25, 0.3) is 6.08 Å². The zero-order chi connectivity index (χ0) is 14.5. The van der Waals surface area contributed by atoms with Crippen molar-refractivity contribution in [3.63, 3.8) is 0 Å². The van der Waals surface area contributed by atoms with Crippen molar-refractivity contribution in [2.45, 2.75) is 56.6 Å². The van der Waals surface area contributed by atoms with Crippen LogP contribution in [0.2, 0.25) is 0 Å². The molecule has 5 heteroatoms. The van der Waals surface area contributed by atoms with E-state index in [1.165, 1.54) is 19.3 Å². The number of rotatable bonds is 3. The summed E-state index contributed by atoms with van der Waals surface area (Å²) in [5.41, 5.74) is 0.934. The molecule has 21 heavy (non-hydrogen) atoms. The molecule has 1 aromatic heterocycles. The topological polar surface area (TPSA) is 67.0 Å². The molecule has 0 bridgehead atoms. The molecular formula is C16H23N3O2. The molecule has 2 aliphatic rings. The number of nitrogens with zero attached hydrogens (tertiary/aromatic N) is 1. The number of nitrogens with one attached hydrogen (secondary N) is 2. The maximum Gasteiger partial charge on any atom is 0.244 e. The van der Waals surface area contributed by atoms with Crippen molar-refractivity contribution in [3.05, 3.63) is 24.0 Å². The summed E-state index contributed by atoms with van der Waals surface area (Å²) < 4.78 is 6.06. The summed E-state index contributed by atoms with van der Waals surface area (Å²) in [6.45, 7) is 0.760. The van der Waals surface area contributed by atoms with Gasteiger partial charge in [-0.1, -0.05) is 19.3 Å². The van der Waals surface area contributed by atoms with Crippen molar-refractivity contribution in [1.29, 1.82) is 0 Å². The van der Waals surface area contributed by atoms with Crippen LogP contribution in [0.1, 0.15) is 50.5 Å². The van der Waals surface area contributed by atoms with Gasteiger partial charge in [0.1, 0.15) is 0 Å². The van der Waals surface area contributed by atoms with E-state index in [1.807, 2.05) is 0 Å². The van der Waals surface area contributed by atoms with E-state index in [0.29, 0.717) is 0 Å². The molecule has 2 fully saturated rings. The van der Waals surface area contributed by atoms with Crippen molar-refractivity contribution in [2.75, 3.05) is 6.61 Å². The normalized spacial score (nSPS) is 25.2. The smallest absolute Gasteiger partial charge is 0.244 e. The first-order valence-electron chi connectivity index (χ1n) is 7.87. The fourth-order valence-electron chi connectivity index (χ4n) is 3.47. The van der Waals surface area contributed by atoms with E-state index in [1.54, 1.807) is 24.5 Å². The molecule has 1 unspecified atom stereocenters. The first kappa shape index (κ1) is 14.3. The van der Waals surface area contributed by atoms with E-state index >= 15 is 0 Å². The molecule has 0 radical (unpaired) electrons. The van der Waals surface area contributed by atoms with Crippen LogP contribution in [-0.4, -0.2) is 34.4 Å². The lowest BCUT2D eigenvalue weighted by molar-refractivity contribution is -0.124. The van der Waals surface area contributed by atoms with Gasteiger partial charge in [-0.2, -0.15) is 5.10 Å². The highest BCUT2D eigenvalue weighted by Gasteiger charge is 2.38. The fourth-order valence-corrected chi connectivity index (χ4v) is 3.47. The molecule has 1 amide bonds. The summed E-state index contributed by atoms with van der Waals surface area (Å²) in [6, 6.07) is 0.235. The van der Waals surface area contributed by atoms with Crippen LogP contribution in [0.3, 0.4) is 0 Å². The monoisotopic (exact) mass is 289 g/mol. The Kier molecular flexibility index (Phi) is 4.39. The van der Waals surface area contributed by atoms with Gasteiger partial charge in [-0.05, 0) is 31.8 Å². The number of carbonyl (C=O) groups is 1. The minimum atomic E-state index is -0.0333. The Bertz CT molecular complexity index is 484. The fraction of sp³-hybridized carbons (Fsp3) is 0.625. The molecule has 1 aliphatic heterocycles. The number of carbonyl (C=O) groups excluding carboxylic acids is 1. The molecular weight excluding hydrogens is 266 g/mol. The lowest BCUT2D eigenvalue weighted by atomic mass is 9.78. The molecule has 2 N–H and O–H groups in total. The number of aromatic amines is 1. The van der Waals surface area contributed by atoms with Gasteiger partial charge in [-0.25, -0.2) is 0 Å². The zero-order valence-corrected chi connectivity index (χ0v) is 12.3. The standard InChI is InChI=1S/C16H23N3O2/c20-15(5-4-13-11-17-18-12-13)19-14-6-9-21-16(10-14)7-2-1-3-8-16/h4-5,11-12,14H,1-3,6-10H2,(H,17,18)(H,19,20)/b5-4+. The molecule has 1 saturated heterocycles. The van der Waals surface area contributed by atoms with Gasteiger partial charge in [0, 0.05) is 30.5 Å². The Morgan fingerprint density at radius 3 is 3.05 bits per heavy atom. The maximum absolute atomic E-state index is 12.0. The van der Waals surface area contributed by atoms with Gasteiger partial charge in [-0.15, -0.1) is 0 Å². The molecule has 114 valence electrons. The molecule has 1 aromatic rings. The number of hydrogen-bond donors (Lipinski definition) is 2. The van der Waals surface area contributed by atoms with Crippen molar-refractivity contribution in [1.82, 2.24) is 15.5 Å². The van der Waals surface area contributed by atoms with Gasteiger partial charge in [-0.3, -0.25) is 9.89 Å². The van der Waals surface area contributed by atoms with E-state index < -0.39 is 0 Å². The summed E-state index contributed by atoms with van der Waals surface area (Å²) in [5, 5.41) is 9.69. The second-order valence-corrected chi connectivity index (χ2v) is 6.16. The van der Waals surface area contributed by atoms with E-state index in [4.69, 9.17) is 4.74 Å². The molecule has 1 aliphatic carbocycles. The second kappa shape index (κ2) is 6.43. The quantitative estimate of drug-likeness (QED) is 0.840. The van der Waals surface area contributed by atoms with Crippen LogP contribution >= 0.6 is 0 Å². The van der Waals surface area contributed by atoms with Gasteiger partial charge in [0.15, 0.2) is 0 Å². The van der Waals surface area contributed by atoms with Crippen molar-refractivity contribution < 1.29 is 9.53 Å². The lowest BCUT2D eigenvalue weighted by Crippen LogP contribution is -2.49. The summed E-state index contributed by atoms with van der Waals surface area (Å²) in [4.78, 5) is 12.0. The third-order valence-corrected chi connectivity index (χ3v) is 4.55. The predicted octanol–water partition coefficient (Wildman–Crippen LogP) is 2.42. The summed E-state index contributed by atoms with van der Waals surface area (Å²) in [7, 11) is 0. The third-order valence-electron chi connectivity index (χ3n) is 4.55. The van der Waals surface area contributed by atoms with Crippen LogP contribution in [0.15, 0.2) is 18.5 Å². The minimum Gasteiger partial charge on any atom is -0.375 e. The molecule has 0 aromatic carbocycles. The second-order valence-electron chi connectivity index (χ2n) is 6.16. The minimum absolute atomic E-state index is 0.0305. The predicted molar refractivity (Wildman–Crippen MR) is 80.6 cm³/mol. The van der Waals surface area contributed by atoms with E-state index in [-0.39, 0.29) is 17.6 Å². The van der Waals surface area contributed by atoms with Crippen LogP contribution in [-0.2, 0) is 9.53 Å².